The van der Waals surface area contributed by atoms with Gasteiger partial charge in [0.25, 0.3) is 0 Å². The molecule has 2 aromatic rings. The van der Waals surface area contributed by atoms with Crippen LogP contribution in [0.3, 0.4) is 0 Å². The number of alkyl halides is 3. The Hall–Kier alpha value is -2.09. The van der Waals surface area contributed by atoms with Crippen molar-refractivity contribution in [3.05, 3.63) is 42.2 Å². The molecule has 0 fully saturated rings. The van der Waals surface area contributed by atoms with Crippen LogP contribution < -0.4 is 10.1 Å². The van der Waals surface area contributed by atoms with Gasteiger partial charge >= 0.3 is 6.36 Å². The zero-order valence-electron chi connectivity index (χ0n) is 10.5. The smallest absolute Gasteiger partial charge is 0.406 e. The first-order chi connectivity index (χ1) is 9.53. The minimum atomic E-state index is -4.66. The summed E-state index contributed by atoms with van der Waals surface area (Å²) in [5.41, 5.74) is 0.873. The molecule has 0 aliphatic carbocycles. The number of aromatic nitrogens is 3. The molecular formula is C12H13F3N4O. The van der Waals surface area contributed by atoms with Gasteiger partial charge in [-0.05, 0) is 17.7 Å². The fourth-order valence-electron chi connectivity index (χ4n) is 1.59. The second kappa shape index (κ2) is 6.38. The van der Waals surface area contributed by atoms with Crippen molar-refractivity contribution in [3.63, 3.8) is 0 Å². The average Bonchev–Trinajstić information content (AvgIpc) is 2.88. The first-order valence-electron chi connectivity index (χ1n) is 5.92. The molecule has 1 aromatic carbocycles. The molecule has 0 aliphatic heterocycles. The van der Waals surface area contributed by atoms with Gasteiger partial charge < -0.3 is 10.1 Å². The lowest BCUT2D eigenvalue weighted by molar-refractivity contribution is -0.274. The van der Waals surface area contributed by atoms with Crippen molar-refractivity contribution in [2.45, 2.75) is 19.5 Å². The molecular weight excluding hydrogens is 273 g/mol. The number of nitrogens with zero attached hydrogens (tertiary/aromatic N) is 3. The van der Waals surface area contributed by atoms with Crippen LogP contribution in [-0.4, -0.2) is 27.9 Å². The summed E-state index contributed by atoms with van der Waals surface area (Å²) in [6, 6.07) is 5.76. The molecule has 0 aliphatic rings. The van der Waals surface area contributed by atoms with E-state index in [0.717, 1.165) is 5.56 Å². The molecule has 0 spiro atoms. The Kier molecular flexibility index (Phi) is 4.57. The molecule has 0 bridgehead atoms. The summed E-state index contributed by atoms with van der Waals surface area (Å²) in [5.74, 6) is -0.219. The Bertz CT molecular complexity index is 510. The number of ether oxygens (including phenoxy) is 1. The quantitative estimate of drug-likeness (QED) is 0.825. The molecule has 2 rings (SSSR count). The highest BCUT2D eigenvalue weighted by molar-refractivity contribution is 5.27. The zero-order valence-corrected chi connectivity index (χ0v) is 10.5. The van der Waals surface area contributed by atoms with Gasteiger partial charge in [-0.1, -0.05) is 17.3 Å². The number of rotatable bonds is 6. The summed E-state index contributed by atoms with van der Waals surface area (Å²) in [5, 5.41) is 10.6. The first kappa shape index (κ1) is 14.3. The number of hydrogen-bond acceptors (Lipinski definition) is 4. The van der Waals surface area contributed by atoms with Gasteiger partial charge in [-0.15, -0.1) is 18.3 Å². The van der Waals surface area contributed by atoms with E-state index >= 15 is 0 Å². The van der Waals surface area contributed by atoms with Gasteiger partial charge in [0.15, 0.2) is 0 Å². The van der Waals surface area contributed by atoms with Gasteiger partial charge in [0.1, 0.15) is 5.75 Å². The predicted molar refractivity (Wildman–Crippen MR) is 64.9 cm³/mol. The van der Waals surface area contributed by atoms with Crippen molar-refractivity contribution >= 4 is 0 Å². The fourth-order valence-corrected chi connectivity index (χ4v) is 1.59. The van der Waals surface area contributed by atoms with Crippen LogP contribution in [0.4, 0.5) is 13.2 Å². The van der Waals surface area contributed by atoms with E-state index in [-0.39, 0.29) is 5.75 Å². The Morgan fingerprint density at radius 2 is 1.95 bits per heavy atom. The van der Waals surface area contributed by atoms with Crippen LogP contribution >= 0.6 is 0 Å². The van der Waals surface area contributed by atoms with Crippen molar-refractivity contribution in [1.82, 2.24) is 20.3 Å². The van der Waals surface area contributed by atoms with Crippen molar-refractivity contribution in [3.8, 4) is 5.75 Å². The molecule has 0 amide bonds. The lowest BCUT2D eigenvalue weighted by atomic mass is 10.2. The Morgan fingerprint density at radius 3 is 2.55 bits per heavy atom. The molecule has 0 unspecified atom stereocenters. The topological polar surface area (TPSA) is 52.0 Å². The number of benzene rings is 1. The van der Waals surface area contributed by atoms with Crippen LogP contribution in [0.1, 0.15) is 5.56 Å². The van der Waals surface area contributed by atoms with Gasteiger partial charge in [0.2, 0.25) is 0 Å². The summed E-state index contributed by atoms with van der Waals surface area (Å²) in [6.45, 7) is 1.92. The molecule has 1 N–H and O–H groups in total. The zero-order chi connectivity index (χ0) is 14.4. The molecule has 0 saturated carbocycles. The molecule has 1 aromatic heterocycles. The van der Waals surface area contributed by atoms with Crippen LogP contribution in [0.25, 0.3) is 0 Å². The number of nitrogens with one attached hydrogen (secondary N) is 1. The molecule has 20 heavy (non-hydrogen) atoms. The maximum Gasteiger partial charge on any atom is 0.573 e. The van der Waals surface area contributed by atoms with Gasteiger partial charge in [0.05, 0.1) is 12.7 Å². The summed E-state index contributed by atoms with van der Waals surface area (Å²) < 4.78 is 41.4. The first-order valence-corrected chi connectivity index (χ1v) is 5.92. The maximum absolute atomic E-state index is 12.0. The van der Waals surface area contributed by atoms with E-state index in [2.05, 4.69) is 20.4 Å². The molecule has 8 heteroatoms. The summed E-state index contributed by atoms with van der Waals surface area (Å²) in [6.07, 6.45) is -1.30. The van der Waals surface area contributed by atoms with E-state index in [9.17, 15) is 13.2 Å². The van der Waals surface area contributed by atoms with Gasteiger partial charge in [-0.2, -0.15) is 0 Å². The summed E-state index contributed by atoms with van der Waals surface area (Å²) in [4.78, 5) is 0. The highest BCUT2D eigenvalue weighted by Gasteiger charge is 2.30. The SMILES string of the molecule is FC(F)(F)Oc1ccc(CNCCn2ccnn2)cc1. The monoisotopic (exact) mass is 286 g/mol. The molecule has 0 atom stereocenters. The Labute approximate surface area is 113 Å². The largest absolute Gasteiger partial charge is 0.573 e. The van der Waals surface area contributed by atoms with Crippen molar-refractivity contribution < 1.29 is 17.9 Å². The van der Waals surface area contributed by atoms with Crippen molar-refractivity contribution in [2.24, 2.45) is 0 Å². The molecule has 1 heterocycles. The van der Waals surface area contributed by atoms with Crippen LogP contribution in [0.5, 0.6) is 5.75 Å². The van der Waals surface area contributed by atoms with E-state index in [1.165, 1.54) is 12.1 Å². The van der Waals surface area contributed by atoms with Crippen LogP contribution in [0.15, 0.2) is 36.7 Å². The van der Waals surface area contributed by atoms with Crippen molar-refractivity contribution in [2.75, 3.05) is 6.54 Å². The summed E-state index contributed by atoms with van der Waals surface area (Å²) >= 11 is 0. The van der Waals surface area contributed by atoms with Gasteiger partial charge in [-0.25, -0.2) is 0 Å². The van der Waals surface area contributed by atoms with E-state index in [1.807, 2.05) is 0 Å². The minimum absolute atomic E-state index is 0.219. The highest BCUT2D eigenvalue weighted by atomic mass is 19.4. The lowest BCUT2D eigenvalue weighted by Crippen LogP contribution is -2.20. The number of hydrogen-bond donors (Lipinski definition) is 1. The third kappa shape index (κ3) is 4.88. The molecule has 0 saturated heterocycles. The predicted octanol–water partition coefficient (Wildman–Crippen LogP) is 1.97. The van der Waals surface area contributed by atoms with Crippen LogP contribution in [-0.2, 0) is 13.1 Å². The van der Waals surface area contributed by atoms with E-state index in [1.54, 1.807) is 29.2 Å². The second-order valence-corrected chi connectivity index (χ2v) is 4.03. The average molecular weight is 286 g/mol. The highest BCUT2D eigenvalue weighted by Crippen LogP contribution is 2.22. The van der Waals surface area contributed by atoms with E-state index < -0.39 is 6.36 Å². The van der Waals surface area contributed by atoms with Crippen LogP contribution in [0, 0.1) is 0 Å². The maximum atomic E-state index is 12.0. The lowest BCUT2D eigenvalue weighted by Gasteiger charge is -2.09. The standard InChI is InChI=1S/C12H13F3N4O/c13-12(14,15)20-11-3-1-10(2-4-11)9-16-5-7-19-8-6-17-18-19/h1-4,6,8,16H,5,7,9H2. The Balaban J connectivity index is 1.73. The number of halogens is 3. The summed E-state index contributed by atoms with van der Waals surface area (Å²) in [7, 11) is 0. The second-order valence-electron chi connectivity index (χ2n) is 4.03. The van der Waals surface area contributed by atoms with Crippen molar-refractivity contribution in [1.29, 1.82) is 0 Å². The minimum Gasteiger partial charge on any atom is -0.406 e. The third-order valence-corrected chi connectivity index (χ3v) is 2.48. The molecule has 5 nitrogen and oxygen atoms in total. The van der Waals surface area contributed by atoms with Crippen LogP contribution in [0.2, 0.25) is 0 Å². The van der Waals surface area contributed by atoms with Gasteiger partial charge in [-0.3, -0.25) is 4.68 Å². The molecule has 108 valence electrons. The fraction of sp³-hybridized carbons (Fsp3) is 0.333. The molecule has 0 radical (unpaired) electrons. The van der Waals surface area contributed by atoms with E-state index in [4.69, 9.17) is 0 Å². The van der Waals surface area contributed by atoms with Gasteiger partial charge in [0, 0.05) is 19.3 Å². The normalized spacial score (nSPS) is 11.6. The van der Waals surface area contributed by atoms with E-state index in [0.29, 0.717) is 19.6 Å². The Morgan fingerprint density at radius 1 is 1.20 bits per heavy atom. The third-order valence-electron chi connectivity index (χ3n) is 2.48.